The molecule has 0 aliphatic heterocycles. The number of aryl methyl sites for hydroxylation is 2. The molecule has 1 aromatic heterocycles. The minimum Gasteiger partial charge on any atom is -0.255 e. The van der Waals surface area contributed by atoms with Crippen molar-refractivity contribution >= 4 is 0 Å². The van der Waals surface area contributed by atoms with E-state index in [2.05, 4.69) is 11.2 Å². The fraction of sp³-hybridized carbons (Fsp3) is 0.500. The van der Waals surface area contributed by atoms with Crippen LogP contribution in [-0.4, -0.2) is 9.78 Å². The standard InChI is InChI=1S/C8H11N3/c1-3-7-5-8(6-9)11(4-2)10-7/h5H,3-4H2,1-2H3. The van der Waals surface area contributed by atoms with Crippen molar-refractivity contribution in [1.29, 1.82) is 5.26 Å². The Balaban J connectivity index is 3.05. The van der Waals surface area contributed by atoms with E-state index in [0.29, 0.717) is 5.69 Å². The van der Waals surface area contributed by atoms with E-state index in [4.69, 9.17) is 5.26 Å². The van der Waals surface area contributed by atoms with Crippen molar-refractivity contribution in [1.82, 2.24) is 9.78 Å². The Hall–Kier alpha value is -1.30. The Morgan fingerprint density at radius 3 is 2.73 bits per heavy atom. The van der Waals surface area contributed by atoms with E-state index in [1.807, 2.05) is 19.9 Å². The summed E-state index contributed by atoms with van der Waals surface area (Å²) in [5, 5.41) is 12.9. The van der Waals surface area contributed by atoms with Crippen LogP contribution < -0.4 is 0 Å². The first-order valence-corrected chi connectivity index (χ1v) is 3.78. The second-order valence-electron chi connectivity index (χ2n) is 2.30. The smallest absolute Gasteiger partial charge is 0.138 e. The van der Waals surface area contributed by atoms with Crippen LogP contribution in [0, 0.1) is 11.3 Å². The summed E-state index contributed by atoms with van der Waals surface area (Å²) in [7, 11) is 0. The highest BCUT2D eigenvalue weighted by Crippen LogP contribution is 2.03. The highest BCUT2D eigenvalue weighted by Gasteiger charge is 2.02. The molecule has 0 saturated carbocycles. The summed E-state index contributed by atoms with van der Waals surface area (Å²) >= 11 is 0. The van der Waals surface area contributed by atoms with Gasteiger partial charge in [-0.05, 0) is 19.4 Å². The predicted octanol–water partition coefficient (Wildman–Crippen LogP) is 1.34. The largest absolute Gasteiger partial charge is 0.255 e. The summed E-state index contributed by atoms with van der Waals surface area (Å²) in [5.74, 6) is 0. The number of aromatic nitrogens is 2. The molecule has 0 fully saturated rings. The molecule has 1 heterocycles. The Bertz CT molecular complexity index is 280. The molecular weight excluding hydrogens is 138 g/mol. The SMILES string of the molecule is CCc1cc(C#N)n(CC)n1. The first kappa shape index (κ1) is 7.80. The number of hydrogen-bond donors (Lipinski definition) is 0. The van der Waals surface area contributed by atoms with Crippen molar-refractivity contribution in [2.75, 3.05) is 0 Å². The predicted molar refractivity (Wildman–Crippen MR) is 42.0 cm³/mol. The van der Waals surface area contributed by atoms with Gasteiger partial charge in [-0.25, -0.2) is 0 Å². The van der Waals surface area contributed by atoms with Gasteiger partial charge in [-0.15, -0.1) is 0 Å². The number of nitrogens with zero attached hydrogens (tertiary/aromatic N) is 3. The Labute approximate surface area is 66.3 Å². The van der Waals surface area contributed by atoms with Gasteiger partial charge in [-0.1, -0.05) is 6.92 Å². The maximum Gasteiger partial charge on any atom is 0.138 e. The summed E-state index contributed by atoms with van der Waals surface area (Å²) in [5.41, 5.74) is 1.65. The van der Waals surface area contributed by atoms with Gasteiger partial charge in [0.15, 0.2) is 0 Å². The second kappa shape index (κ2) is 3.20. The van der Waals surface area contributed by atoms with Gasteiger partial charge in [0.1, 0.15) is 11.8 Å². The number of rotatable bonds is 2. The van der Waals surface area contributed by atoms with E-state index in [1.54, 1.807) is 4.68 Å². The lowest BCUT2D eigenvalue weighted by atomic mass is 10.3. The van der Waals surface area contributed by atoms with Gasteiger partial charge in [0.05, 0.1) is 5.69 Å². The van der Waals surface area contributed by atoms with Crippen LogP contribution in [0.1, 0.15) is 25.2 Å². The molecule has 0 amide bonds. The molecule has 0 atom stereocenters. The summed E-state index contributed by atoms with van der Waals surface area (Å²) in [4.78, 5) is 0. The third-order valence-corrected chi connectivity index (χ3v) is 1.61. The highest BCUT2D eigenvalue weighted by molar-refractivity contribution is 5.23. The maximum absolute atomic E-state index is 8.65. The molecule has 58 valence electrons. The van der Waals surface area contributed by atoms with Crippen LogP contribution in [0.3, 0.4) is 0 Å². The fourth-order valence-corrected chi connectivity index (χ4v) is 0.974. The van der Waals surface area contributed by atoms with Crippen molar-refractivity contribution in [2.45, 2.75) is 26.8 Å². The van der Waals surface area contributed by atoms with Gasteiger partial charge in [0.25, 0.3) is 0 Å². The molecule has 1 aromatic rings. The zero-order chi connectivity index (χ0) is 8.27. The van der Waals surface area contributed by atoms with Crippen LogP contribution in [-0.2, 0) is 13.0 Å². The Kier molecular flexibility index (Phi) is 2.27. The molecule has 0 aromatic carbocycles. The summed E-state index contributed by atoms with van der Waals surface area (Å²) < 4.78 is 1.72. The van der Waals surface area contributed by atoms with Crippen LogP contribution >= 0.6 is 0 Å². The molecule has 3 heteroatoms. The summed E-state index contributed by atoms with van der Waals surface area (Å²) in [6, 6.07) is 3.94. The lowest BCUT2D eigenvalue weighted by Gasteiger charge is -1.93. The summed E-state index contributed by atoms with van der Waals surface area (Å²) in [6.07, 6.45) is 0.891. The van der Waals surface area contributed by atoms with Gasteiger partial charge in [-0.3, -0.25) is 4.68 Å². The average Bonchev–Trinajstić information content (AvgIpc) is 2.46. The van der Waals surface area contributed by atoms with Gasteiger partial charge in [-0.2, -0.15) is 10.4 Å². The van der Waals surface area contributed by atoms with Crippen LogP contribution in [0.15, 0.2) is 6.07 Å². The van der Waals surface area contributed by atoms with E-state index < -0.39 is 0 Å². The van der Waals surface area contributed by atoms with Crippen molar-refractivity contribution in [3.05, 3.63) is 17.5 Å². The van der Waals surface area contributed by atoms with E-state index in [9.17, 15) is 0 Å². The fourth-order valence-electron chi connectivity index (χ4n) is 0.974. The molecule has 1 rings (SSSR count). The topological polar surface area (TPSA) is 41.6 Å². The molecule has 11 heavy (non-hydrogen) atoms. The van der Waals surface area contributed by atoms with E-state index >= 15 is 0 Å². The van der Waals surface area contributed by atoms with E-state index in [-0.39, 0.29) is 0 Å². The van der Waals surface area contributed by atoms with Crippen molar-refractivity contribution in [3.8, 4) is 6.07 Å². The quantitative estimate of drug-likeness (QED) is 0.636. The van der Waals surface area contributed by atoms with Crippen LogP contribution in [0.5, 0.6) is 0 Å². The van der Waals surface area contributed by atoms with Gasteiger partial charge < -0.3 is 0 Å². The van der Waals surface area contributed by atoms with Crippen molar-refractivity contribution in [3.63, 3.8) is 0 Å². The monoisotopic (exact) mass is 149 g/mol. The third-order valence-electron chi connectivity index (χ3n) is 1.61. The lowest BCUT2D eigenvalue weighted by molar-refractivity contribution is 0.640. The molecule has 0 unspecified atom stereocenters. The Morgan fingerprint density at radius 2 is 2.36 bits per heavy atom. The van der Waals surface area contributed by atoms with Gasteiger partial charge >= 0.3 is 0 Å². The minimum atomic E-state index is 0.657. The van der Waals surface area contributed by atoms with Crippen molar-refractivity contribution in [2.24, 2.45) is 0 Å². The maximum atomic E-state index is 8.65. The molecule has 0 N–H and O–H groups in total. The van der Waals surface area contributed by atoms with Crippen molar-refractivity contribution < 1.29 is 0 Å². The zero-order valence-corrected chi connectivity index (χ0v) is 6.83. The number of nitriles is 1. The molecular formula is C8H11N3. The minimum absolute atomic E-state index is 0.657. The van der Waals surface area contributed by atoms with Crippen LogP contribution in [0.25, 0.3) is 0 Å². The van der Waals surface area contributed by atoms with Crippen LogP contribution in [0.2, 0.25) is 0 Å². The average molecular weight is 149 g/mol. The lowest BCUT2D eigenvalue weighted by Crippen LogP contribution is -1.99. The third kappa shape index (κ3) is 1.40. The van der Waals surface area contributed by atoms with Gasteiger partial charge in [0.2, 0.25) is 0 Å². The Morgan fingerprint density at radius 1 is 1.64 bits per heavy atom. The van der Waals surface area contributed by atoms with E-state index in [1.165, 1.54) is 0 Å². The van der Waals surface area contributed by atoms with Crippen LogP contribution in [0.4, 0.5) is 0 Å². The molecule has 0 saturated heterocycles. The second-order valence-corrected chi connectivity index (χ2v) is 2.30. The molecule has 0 bridgehead atoms. The highest BCUT2D eigenvalue weighted by atomic mass is 15.3. The summed E-state index contributed by atoms with van der Waals surface area (Å²) in [6.45, 7) is 4.78. The number of hydrogen-bond acceptors (Lipinski definition) is 2. The molecule has 0 aliphatic carbocycles. The molecule has 3 nitrogen and oxygen atoms in total. The van der Waals surface area contributed by atoms with E-state index in [0.717, 1.165) is 18.7 Å². The molecule has 0 spiro atoms. The molecule has 0 radical (unpaired) electrons. The zero-order valence-electron chi connectivity index (χ0n) is 6.83. The van der Waals surface area contributed by atoms with Gasteiger partial charge in [0, 0.05) is 6.54 Å². The molecule has 0 aliphatic rings. The first-order valence-electron chi connectivity index (χ1n) is 3.78. The first-order chi connectivity index (χ1) is 5.31. The normalized spacial score (nSPS) is 9.55.